The summed E-state index contributed by atoms with van der Waals surface area (Å²) < 4.78 is 0. The van der Waals surface area contributed by atoms with E-state index in [-0.39, 0.29) is 0 Å². The molecular weight excluding hydrogens is 100 g/mol. The summed E-state index contributed by atoms with van der Waals surface area (Å²) in [5.74, 6) is 0. The third-order valence-electron chi connectivity index (χ3n) is 0.974. The highest BCUT2D eigenvalue weighted by Crippen LogP contribution is 2.17. The Hall–Kier alpha value is -0.400. The zero-order valence-electron chi connectivity index (χ0n) is 5.86. The monoisotopic (exact) mass is 114 g/mol. The van der Waals surface area contributed by atoms with Crippen molar-refractivity contribution in [2.24, 2.45) is 10.5 Å². The molecule has 0 aliphatic heterocycles. The summed E-state index contributed by atoms with van der Waals surface area (Å²) in [6, 6.07) is 0. The molecule has 48 valence electrons. The zero-order valence-corrected chi connectivity index (χ0v) is 5.86. The van der Waals surface area contributed by atoms with Crippen LogP contribution in [0.1, 0.15) is 27.2 Å². The standard InChI is InChI=1S/C6H14N2/c1-6(2,3)4-5-8-7/h7H,4-5H2,1-3H3. The minimum atomic E-state index is 0.338. The predicted octanol–water partition coefficient (Wildman–Crippen LogP) is 2.45. The predicted molar refractivity (Wildman–Crippen MR) is 34.1 cm³/mol. The maximum absolute atomic E-state index is 6.51. The maximum atomic E-state index is 6.51. The van der Waals surface area contributed by atoms with Gasteiger partial charge >= 0.3 is 0 Å². The van der Waals surface area contributed by atoms with Crippen LogP contribution in [-0.4, -0.2) is 6.54 Å². The van der Waals surface area contributed by atoms with Crippen molar-refractivity contribution in [3.8, 4) is 0 Å². The molecule has 0 rings (SSSR count). The second-order valence-electron chi connectivity index (χ2n) is 3.19. The second-order valence-corrected chi connectivity index (χ2v) is 3.19. The van der Waals surface area contributed by atoms with Crippen LogP contribution in [0, 0.1) is 10.9 Å². The minimum Gasteiger partial charge on any atom is -0.210 e. The summed E-state index contributed by atoms with van der Waals surface area (Å²) in [6.07, 6.45) is 1.01. The number of nitrogens with one attached hydrogen (secondary N) is 1. The Morgan fingerprint density at radius 2 is 1.88 bits per heavy atom. The lowest BCUT2D eigenvalue weighted by molar-refractivity contribution is 0.381. The third kappa shape index (κ3) is 5.60. The molecule has 0 saturated carbocycles. The lowest BCUT2D eigenvalue weighted by Crippen LogP contribution is -2.05. The molecule has 0 fully saturated rings. The van der Waals surface area contributed by atoms with Gasteiger partial charge < -0.3 is 0 Å². The largest absolute Gasteiger partial charge is 0.210 e. The average Bonchev–Trinajstić information content (AvgIpc) is 1.59. The Bertz CT molecular complexity index is 71.1. The van der Waals surface area contributed by atoms with E-state index < -0.39 is 0 Å². The molecule has 2 heteroatoms. The van der Waals surface area contributed by atoms with Crippen LogP contribution >= 0.6 is 0 Å². The van der Waals surface area contributed by atoms with E-state index >= 15 is 0 Å². The van der Waals surface area contributed by atoms with E-state index in [1.807, 2.05) is 0 Å². The van der Waals surface area contributed by atoms with Crippen molar-refractivity contribution < 1.29 is 0 Å². The molecule has 0 unspecified atom stereocenters. The van der Waals surface area contributed by atoms with Crippen LogP contribution in [0.15, 0.2) is 5.11 Å². The first-order chi connectivity index (χ1) is 3.56. The summed E-state index contributed by atoms with van der Waals surface area (Å²) in [4.78, 5) is 0. The Kier molecular flexibility index (Phi) is 2.66. The van der Waals surface area contributed by atoms with Crippen molar-refractivity contribution >= 4 is 0 Å². The van der Waals surface area contributed by atoms with Gasteiger partial charge in [0, 0.05) is 0 Å². The molecule has 0 atom stereocenters. The molecule has 0 amide bonds. The highest BCUT2D eigenvalue weighted by Gasteiger charge is 2.07. The quantitative estimate of drug-likeness (QED) is 0.535. The van der Waals surface area contributed by atoms with Gasteiger partial charge in [-0.05, 0) is 11.8 Å². The van der Waals surface area contributed by atoms with Gasteiger partial charge in [0.25, 0.3) is 0 Å². The molecule has 0 aliphatic rings. The smallest absolute Gasteiger partial charge is 0.0601 e. The molecule has 8 heavy (non-hydrogen) atoms. The van der Waals surface area contributed by atoms with Gasteiger partial charge in [-0.25, -0.2) is 5.53 Å². The van der Waals surface area contributed by atoms with Crippen molar-refractivity contribution in [1.29, 1.82) is 5.53 Å². The van der Waals surface area contributed by atoms with Gasteiger partial charge in [0.05, 0.1) is 6.54 Å². The van der Waals surface area contributed by atoms with Gasteiger partial charge in [0.1, 0.15) is 0 Å². The van der Waals surface area contributed by atoms with Crippen molar-refractivity contribution in [3.63, 3.8) is 0 Å². The maximum Gasteiger partial charge on any atom is 0.0601 e. The van der Waals surface area contributed by atoms with E-state index in [2.05, 4.69) is 25.9 Å². The molecule has 0 heterocycles. The lowest BCUT2D eigenvalue weighted by atomic mass is 9.93. The molecule has 1 N–H and O–H groups in total. The minimum absolute atomic E-state index is 0.338. The summed E-state index contributed by atoms with van der Waals surface area (Å²) in [6.45, 7) is 7.12. The van der Waals surface area contributed by atoms with Gasteiger partial charge in [-0.15, -0.1) is 0 Å². The Labute approximate surface area is 50.8 Å². The van der Waals surface area contributed by atoms with Gasteiger partial charge in [-0.1, -0.05) is 20.8 Å². The molecule has 0 aromatic carbocycles. The van der Waals surface area contributed by atoms with Crippen LogP contribution in [0.5, 0.6) is 0 Å². The van der Waals surface area contributed by atoms with Gasteiger partial charge in [-0.2, -0.15) is 5.11 Å². The summed E-state index contributed by atoms with van der Waals surface area (Å²) in [7, 11) is 0. The third-order valence-corrected chi connectivity index (χ3v) is 0.974. The summed E-state index contributed by atoms with van der Waals surface area (Å²) in [5, 5.41) is 3.27. The van der Waals surface area contributed by atoms with Crippen molar-refractivity contribution in [3.05, 3.63) is 0 Å². The topological polar surface area (TPSA) is 36.2 Å². The van der Waals surface area contributed by atoms with Crippen LogP contribution in [0.4, 0.5) is 0 Å². The van der Waals surface area contributed by atoms with Crippen LogP contribution in [-0.2, 0) is 0 Å². The zero-order chi connectivity index (χ0) is 6.62. The van der Waals surface area contributed by atoms with Crippen LogP contribution in [0.3, 0.4) is 0 Å². The van der Waals surface area contributed by atoms with E-state index in [1.54, 1.807) is 0 Å². The average molecular weight is 114 g/mol. The first-order valence-electron chi connectivity index (χ1n) is 2.89. The normalized spacial score (nSPS) is 11.4. The fraction of sp³-hybridized carbons (Fsp3) is 1.00. The first-order valence-corrected chi connectivity index (χ1v) is 2.89. The second kappa shape index (κ2) is 2.80. The number of rotatable bonds is 2. The fourth-order valence-electron chi connectivity index (χ4n) is 0.391. The van der Waals surface area contributed by atoms with Crippen LogP contribution < -0.4 is 0 Å². The molecular formula is C6H14N2. The van der Waals surface area contributed by atoms with Crippen molar-refractivity contribution in [1.82, 2.24) is 0 Å². The molecule has 0 spiro atoms. The molecule has 0 aromatic heterocycles. The van der Waals surface area contributed by atoms with Gasteiger partial charge in [0.2, 0.25) is 0 Å². The lowest BCUT2D eigenvalue weighted by Gasteiger charge is -2.14. The van der Waals surface area contributed by atoms with Crippen molar-refractivity contribution in [2.45, 2.75) is 27.2 Å². The highest BCUT2D eigenvalue weighted by molar-refractivity contribution is 4.60. The Morgan fingerprint density at radius 3 is 2.00 bits per heavy atom. The number of hydrogen-bond acceptors (Lipinski definition) is 2. The van der Waals surface area contributed by atoms with E-state index in [0.29, 0.717) is 12.0 Å². The van der Waals surface area contributed by atoms with E-state index in [9.17, 15) is 0 Å². The molecule has 0 bridgehead atoms. The van der Waals surface area contributed by atoms with Crippen LogP contribution in [0.2, 0.25) is 0 Å². The summed E-state index contributed by atoms with van der Waals surface area (Å²) in [5.41, 5.74) is 6.85. The molecule has 0 aromatic rings. The van der Waals surface area contributed by atoms with Gasteiger partial charge in [-0.3, -0.25) is 0 Å². The fourth-order valence-corrected chi connectivity index (χ4v) is 0.391. The summed E-state index contributed by atoms with van der Waals surface area (Å²) >= 11 is 0. The van der Waals surface area contributed by atoms with E-state index in [4.69, 9.17) is 5.53 Å². The SMILES string of the molecule is CC(C)(C)CCN=N. The first kappa shape index (κ1) is 7.60. The number of hydrogen-bond donors (Lipinski definition) is 1. The van der Waals surface area contributed by atoms with Gasteiger partial charge in [0.15, 0.2) is 0 Å². The molecule has 0 aliphatic carbocycles. The molecule has 2 nitrogen and oxygen atoms in total. The van der Waals surface area contributed by atoms with E-state index in [1.165, 1.54) is 0 Å². The number of nitrogens with zero attached hydrogens (tertiary/aromatic N) is 1. The van der Waals surface area contributed by atoms with Crippen molar-refractivity contribution in [2.75, 3.05) is 6.54 Å². The molecule has 0 saturated heterocycles. The van der Waals surface area contributed by atoms with Crippen LogP contribution in [0.25, 0.3) is 0 Å². The Balaban J connectivity index is 3.24. The Morgan fingerprint density at radius 1 is 1.38 bits per heavy atom. The highest BCUT2D eigenvalue weighted by atomic mass is 14.9. The van der Waals surface area contributed by atoms with E-state index in [0.717, 1.165) is 6.42 Å². The molecule has 0 radical (unpaired) electrons.